The fourth-order valence-electron chi connectivity index (χ4n) is 2.25. The second-order valence-electron chi connectivity index (χ2n) is 4.91. The predicted octanol–water partition coefficient (Wildman–Crippen LogP) is 1.24. The first-order chi connectivity index (χ1) is 10.1. The molecular formula is C15H20N2O4. The van der Waals surface area contributed by atoms with E-state index in [0.717, 1.165) is 5.56 Å². The lowest BCUT2D eigenvalue weighted by Gasteiger charge is -2.34. The number of carbonyl (C=O) groups is 2. The highest BCUT2D eigenvalue weighted by molar-refractivity contribution is 5.79. The van der Waals surface area contributed by atoms with Crippen LogP contribution in [-0.4, -0.2) is 59.7 Å². The van der Waals surface area contributed by atoms with Gasteiger partial charge in [-0.05, 0) is 24.6 Å². The van der Waals surface area contributed by atoms with Gasteiger partial charge in [-0.1, -0.05) is 12.1 Å². The summed E-state index contributed by atoms with van der Waals surface area (Å²) in [5.41, 5.74) is 0.866. The molecule has 0 spiro atoms. The summed E-state index contributed by atoms with van der Waals surface area (Å²) in [6, 6.07) is 6.62. The van der Waals surface area contributed by atoms with Crippen LogP contribution < -0.4 is 0 Å². The summed E-state index contributed by atoms with van der Waals surface area (Å²) in [6.07, 6.45) is -0.0113. The third kappa shape index (κ3) is 4.11. The van der Waals surface area contributed by atoms with Crippen molar-refractivity contribution in [2.45, 2.75) is 13.3 Å². The molecule has 6 heteroatoms. The SMILES string of the molecule is CCOC(=O)N1CCN(C(=O)Cc2ccc(O)cc2)CC1. The Balaban J connectivity index is 1.83. The molecule has 1 saturated heterocycles. The van der Waals surface area contributed by atoms with E-state index in [1.54, 1.807) is 41.0 Å². The van der Waals surface area contributed by atoms with Gasteiger partial charge in [-0.3, -0.25) is 4.79 Å². The second-order valence-corrected chi connectivity index (χ2v) is 4.91. The van der Waals surface area contributed by atoms with Gasteiger partial charge in [-0.15, -0.1) is 0 Å². The zero-order chi connectivity index (χ0) is 15.2. The number of rotatable bonds is 3. The van der Waals surface area contributed by atoms with Crippen LogP contribution in [0.5, 0.6) is 5.75 Å². The topological polar surface area (TPSA) is 70.1 Å². The number of amides is 2. The molecule has 0 radical (unpaired) electrons. The fourth-order valence-corrected chi connectivity index (χ4v) is 2.25. The van der Waals surface area contributed by atoms with Crippen molar-refractivity contribution in [1.82, 2.24) is 9.80 Å². The quantitative estimate of drug-likeness (QED) is 0.910. The van der Waals surface area contributed by atoms with E-state index in [4.69, 9.17) is 4.74 Å². The number of hydrogen-bond donors (Lipinski definition) is 1. The summed E-state index contributed by atoms with van der Waals surface area (Å²) in [5.74, 6) is 0.221. The third-order valence-corrected chi connectivity index (χ3v) is 3.45. The Hall–Kier alpha value is -2.24. The predicted molar refractivity (Wildman–Crippen MR) is 77.0 cm³/mol. The molecule has 0 saturated carbocycles. The van der Waals surface area contributed by atoms with Crippen molar-refractivity contribution in [2.24, 2.45) is 0 Å². The van der Waals surface area contributed by atoms with Crippen LogP contribution in [0.1, 0.15) is 12.5 Å². The molecule has 0 aromatic heterocycles. The third-order valence-electron chi connectivity index (χ3n) is 3.45. The Morgan fingerprint density at radius 3 is 2.24 bits per heavy atom. The van der Waals surface area contributed by atoms with E-state index in [1.807, 2.05) is 0 Å². The average Bonchev–Trinajstić information content (AvgIpc) is 2.50. The minimum absolute atomic E-state index is 0.0317. The first kappa shape index (κ1) is 15.2. The Morgan fingerprint density at radius 1 is 1.10 bits per heavy atom. The van der Waals surface area contributed by atoms with Crippen molar-refractivity contribution in [1.29, 1.82) is 0 Å². The number of nitrogens with zero attached hydrogens (tertiary/aromatic N) is 2. The van der Waals surface area contributed by atoms with Crippen molar-refractivity contribution in [3.05, 3.63) is 29.8 Å². The van der Waals surface area contributed by atoms with Crippen molar-refractivity contribution < 1.29 is 19.4 Å². The number of hydrogen-bond acceptors (Lipinski definition) is 4. The molecule has 0 bridgehead atoms. The Labute approximate surface area is 123 Å². The summed E-state index contributed by atoms with van der Waals surface area (Å²) in [4.78, 5) is 27.1. The van der Waals surface area contributed by atoms with Gasteiger partial charge in [-0.25, -0.2) is 4.79 Å². The highest BCUT2D eigenvalue weighted by Gasteiger charge is 2.24. The number of benzene rings is 1. The van der Waals surface area contributed by atoms with Gasteiger partial charge < -0.3 is 19.6 Å². The first-order valence-corrected chi connectivity index (χ1v) is 7.07. The molecule has 0 unspecified atom stereocenters. The van der Waals surface area contributed by atoms with Gasteiger partial charge >= 0.3 is 6.09 Å². The summed E-state index contributed by atoms with van der Waals surface area (Å²) in [6.45, 7) is 4.18. The van der Waals surface area contributed by atoms with Crippen molar-refractivity contribution in [2.75, 3.05) is 32.8 Å². The van der Waals surface area contributed by atoms with Crippen LogP contribution in [0.4, 0.5) is 4.79 Å². The molecule has 2 rings (SSSR count). The molecule has 1 aromatic carbocycles. The van der Waals surface area contributed by atoms with Crippen molar-refractivity contribution in [3.8, 4) is 5.75 Å². The van der Waals surface area contributed by atoms with Gasteiger partial charge in [0.15, 0.2) is 0 Å². The van der Waals surface area contributed by atoms with E-state index < -0.39 is 0 Å². The summed E-state index contributed by atoms with van der Waals surface area (Å²) in [7, 11) is 0. The number of phenolic OH excluding ortho intramolecular Hbond substituents is 1. The largest absolute Gasteiger partial charge is 0.508 e. The lowest BCUT2D eigenvalue weighted by Crippen LogP contribution is -2.51. The number of aromatic hydroxyl groups is 1. The fraction of sp³-hybridized carbons (Fsp3) is 0.467. The van der Waals surface area contributed by atoms with Gasteiger partial charge in [0, 0.05) is 26.2 Å². The van der Waals surface area contributed by atoms with E-state index in [1.165, 1.54) is 0 Å². The van der Waals surface area contributed by atoms with Crippen LogP contribution in [0.15, 0.2) is 24.3 Å². The number of phenols is 1. The molecule has 1 aliphatic heterocycles. The minimum atomic E-state index is -0.317. The van der Waals surface area contributed by atoms with Gasteiger partial charge in [0.1, 0.15) is 5.75 Å². The zero-order valence-electron chi connectivity index (χ0n) is 12.1. The number of ether oxygens (including phenoxy) is 1. The molecule has 1 fully saturated rings. The summed E-state index contributed by atoms with van der Waals surface area (Å²) < 4.78 is 4.94. The molecule has 0 aliphatic carbocycles. The second kappa shape index (κ2) is 6.97. The molecular weight excluding hydrogens is 272 g/mol. The van der Waals surface area contributed by atoms with E-state index >= 15 is 0 Å². The molecule has 21 heavy (non-hydrogen) atoms. The maximum Gasteiger partial charge on any atom is 0.409 e. The van der Waals surface area contributed by atoms with E-state index in [0.29, 0.717) is 39.2 Å². The molecule has 1 aliphatic rings. The Morgan fingerprint density at radius 2 is 1.67 bits per heavy atom. The molecule has 114 valence electrons. The van der Waals surface area contributed by atoms with Crippen LogP contribution >= 0.6 is 0 Å². The van der Waals surface area contributed by atoms with E-state index in [-0.39, 0.29) is 17.7 Å². The first-order valence-electron chi connectivity index (χ1n) is 7.07. The molecule has 2 amide bonds. The zero-order valence-corrected chi connectivity index (χ0v) is 12.1. The van der Waals surface area contributed by atoms with Crippen molar-refractivity contribution in [3.63, 3.8) is 0 Å². The maximum absolute atomic E-state index is 12.2. The van der Waals surface area contributed by atoms with Crippen LogP contribution in [0, 0.1) is 0 Å². The van der Waals surface area contributed by atoms with Crippen LogP contribution in [0.2, 0.25) is 0 Å². The highest BCUT2D eigenvalue weighted by atomic mass is 16.6. The summed E-state index contributed by atoms with van der Waals surface area (Å²) in [5, 5.41) is 9.22. The van der Waals surface area contributed by atoms with E-state index in [2.05, 4.69) is 0 Å². The lowest BCUT2D eigenvalue weighted by molar-refractivity contribution is -0.132. The molecule has 1 aromatic rings. The summed E-state index contributed by atoms with van der Waals surface area (Å²) >= 11 is 0. The average molecular weight is 292 g/mol. The molecule has 1 N–H and O–H groups in total. The van der Waals surface area contributed by atoms with Gasteiger partial charge in [-0.2, -0.15) is 0 Å². The molecule has 6 nitrogen and oxygen atoms in total. The highest BCUT2D eigenvalue weighted by Crippen LogP contribution is 2.12. The monoisotopic (exact) mass is 292 g/mol. The lowest BCUT2D eigenvalue weighted by atomic mass is 10.1. The number of carbonyl (C=O) groups excluding carboxylic acids is 2. The van der Waals surface area contributed by atoms with Gasteiger partial charge in [0.25, 0.3) is 0 Å². The van der Waals surface area contributed by atoms with Crippen LogP contribution in [0.25, 0.3) is 0 Å². The Bertz CT molecular complexity index is 493. The number of piperazine rings is 1. The van der Waals surface area contributed by atoms with Gasteiger partial charge in [0.05, 0.1) is 13.0 Å². The molecule has 0 atom stereocenters. The maximum atomic E-state index is 12.2. The minimum Gasteiger partial charge on any atom is -0.508 e. The molecule has 1 heterocycles. The van der Waals surface area contributed by atoms with Crippen LogP contribution in [-0.2, 0) is 16.0 Å². The smallest absolute Gasteiger partial charge is 0.409 e. The van der Waals surface area contributed by atoms with Crippen molar-refractivity contribution >= 4 is 12.0 Å². The van der Waals surface area contributed by atoms with E-state index in [9.17, 15) is 14.7 Å². The Kier molecular flexibility index (Phi) is 5.03. The van der Waals surface area contributed by atoms with Crippen LogP contribution in [0.3, 0.4) is 0 Å². The normalized spacial score (nSPS) is 14.9. The van der Waals surface area contributed by atoms with Gasteiger partial charge in [0.2, 0.25) is 5.91 Å². The standard InChI is InChI=1S/C15H20N2O4/c1-2-21-15(20)17-9-7-16(8-10-17)14(19)11-12-3-5-13(18)6-4-12/h3-6,18H,2,7-11H2,1H3.